The number of carbonyl (C=O) groups is 1. The summed E-state index contributed by atoms with van der Waals surface area (Å²) >= 11 is 0. The maximum atomic E-state index is 11.6. The van der Waals surface area contributed by atoms with Crippen LogP contribution in [0.25, 0.3) is 0 Å². The van der Waals surface area contributed by atoms with E-state index < -0.39 is 0 Å². The molecule has 1 aromatic rings. The summed E-state index contributed by atoms with van der Waals surface area (Å²) < 4.78 is 5.07. The quantitative estimate of drug-likeness (QED) is 0.535. The minimum atomic E-state index is -0.282. The fourth-order valence-corrected chi connectivity index (χ4v) is 1.37. The summed E-state index contributed by atoms with van der Waals surface area (Å²) in [5, 5.41) is 17.8. The van der Waals surface area contributed by atoms with Gasteiger partial charge in [0.25, 0.3) is 5.91 Å². The van der Waals surface area contributed by atoms with Crippen LogP contribution >= 0.6 is 0 Å². The number of H-pyrrole nitrogens is 1. The van der Waals surface area contributed by atoms with Crippen LogP contribution in [0.5, 0.6) is 0 Å². The number of aromatic nitrogens is 3. The van der Waals surface area contributed by atoms with Crippen LogP contribution in [0.3, 0.4) is 0 Å². The topological polar surface area (TPSA) is 100 Å². The van der Waals surface area contributed by atoms with Crippen molar-refractivity contribution < 1.29 is 14.6 Å². The van der Waals surface area contributed by atoms with Crippen LogP contribution < -0.4 is 5.32 Å². The number of amides is 1. The van der Waals surface area contributed by atoms with E-state index in [1.807, 2.05) is 6.92 Å². The molecule has 1 heterocycles. The molecule has 1 amide bonds. The highest BCUT2D eigenvalue weighted by molar-refractivity contribution is 5.90. The summed E-state index contributed by atoms with van der Waals surface area (Å²) in [5.74, 6) is 0.624. The van der Waals surface area contributed by atoms with E-state index in [4.69, 9.17) is 9.84 Å². The average Bonchev–Trinajstić information content (AvgIpc) is 2.82. The van der Waals surface area contributed by atoms with Crippen LogP contribution in [0.15, 0.2) is 0 Å². The maximum absolute atomic E-state index is 11.6. The first kappa shape index (κ1) is 14.6. The predicted octanol–water partition coefficient (Wildman–Crippen LogP) is -0.114. The Morgan fingerprint density at radius 2 is 2.33 bits per heavy atom. The Kier molecular flexibility index (Phi) is 6.97. The molecular formula is C11H20N4O3. The first-order valence-corrected chi connectivity index (χ1v) is 6.16. The fourth-order valence-electron chi connectivity index (χ4n) is 1.37. The monoisotopic (exact) mass is 256 g/mol. The van der Waals surface area contributed by atoms with Crippen LogP contribution in [0.2, 0.25) is 0 Å². The number of nitrogens with one attached hydrogen (secondary N) is 2. The summed E-state index contributed by atoms with van der Waals surface area (Å²) in [4.78, 5) is 15.7. The second-order valence-corrected chi connectivity index (χ2v) is 3.80. The summed E-state index contributed by atoms with van der Waals surface area (Å²) in [6.07, 6.45) is 2.44. The molecule has 18 heavy (non-hydrogen) atoms. The number of aryl methyl sites for hydroxylation is 1. The van der Waals surface area contributed by atoms with Gasteiger partial charge in [-0.15, -0.1) is 5.10 Å². The molecule has 0 bridgehead atoms. The zero-order chi connectivity index (χ0) is 13.2. The van der Waals surface area contributed by atoms with E-state index in [0.29, 0.717) is 26.2 Å². The van der Waals surface area contributed by atoms with Crippen molar-refractivity contribution in [1.82, 2.24) is 20.5 Å². The Bertz CT molecular complexity index is 354. The van der Waals surface area contributed by atoms with E-state index in [-0.39, 0.29) is 18.3 Å². The van der Waals surface area contributed by atoms with E-state index in [9.17, 15) is 4.79 Å². The van der Waals surface area contributed by atoms with Crippen LogP contribution in [0, 0.1) is 0 Å². The van der Waals surface area contributed by atoms with Gasteiger partial charge in [0.1, 0.15) is 5.82 Å². The van der Waals surface area contributed by atoms with Crippen molar-refractivity contribution in [3.8, 4) is 0 Å². The number of nitrogens with zero attached hydrogens (tertiary/aromatic N) is 2. The minimum Gasteiger partial charge on any atom is -0.394 e. The van der Waals surface area contributed by atoms with Gasteiger partial charge in [0.2, 0.25) is 5.82 Å². The van der Waals surface area contributed by atoms with E-state index in [1.165, 1.54) is 0 Å². The van der Waals surface area contributed by atoms with Gasteiger partial charge in [-0.1, -0.05) is 6.92 Å². The number of ether oxygens (including phenoxy) is 1. The van der Waals surface area contributed by atoms with E-state index in [2.05, 4.69) is 20.5 Å². The van der Waals surface area contributed by atoms with Crippen molar-refractivity contribution in [1.29, 1.82) is 0 Å². The van der Waals surface area contributed by atoms with E-state index in [1.54, 1.807) is 0 Å². The highest BCUT2D eigenvalue weighted by Gasteiger charge is 2.10. The SMILES string of the molecule is CCCc1nc(C(=O)NCCCOCCO)n[nH]1. The van der Waals surface area contributed by atoms with Gasteiger partial charge in [-0.05, 0) is 12.8 Å². The van der Waals surface area contributed by atoms with Crippen molar-refractivity contribution in [3.63, 3.8) is 0 Å². The molecule has 0 spiro atoms. The molecule has 0 aliphatic heterocycles. The standard InChI is InChI=1S/C11H20N4O3/c1-2-4-9-13-10(15-14-9)11(17)12-5-3-7-18-8-6-16/h16H,2-8H2,1H3,(H,12,17)(H,13,14,15). The second kappa shape index (κ2) is 8.60. The third-order valence-corrected chi connectivity index (χ3v) is 2.21. The van der Waals surface area contributed by atoms with Gasteiger partial charge in [0.15, 0.2) is 0 Å². The Hall–Kier alpha value is -1.47. The largest absolute Gasteiger partial charge is 0.394 e. The normalized spacial score (nSPS) is 10.6. The van der Waals surface area contributed by atoms with E-state index in [0.717, 1.165) is 18.7 Å². The summed E-state index contributed by atoms with van der Waals surface area (Å²) in [6.45, 7) is 3.39. The number of rotatable bonds is 9. The van der Waals surface area contributed by atoms with Crippen molar-refractivity contribution in [2.45, 2.75) is 26.2 Å². The van der Waals surface area contributed by atoms with Crippen molar-refractivity contribution >= 4 is 5.91 Å². The lowest BCUT2D eigenvalue weighted by Crippen LogP contribution is -2.26. The molecule has 0 fully saturated rings. The summed E-state index contributed by atoms with van der Waals surface area (Å²) in [7, 11) is 0. The molecule has 0 atom stereocenters. The maximum Gasteiger partial charge on any atom is 0.290 e. The lowest BCUT2D eigenvalue weighted by atomic mass is 10.3. The number of aliphatic hydroxyl groups is 1. The zero-order valence-electron chi connectivity index (χ0n) is 10.6. The molecule has 0 aromatic carbocycles. The zero-order valence-corrected chi connectivity index (χ0v) is 10.6. The lowest BCUT2D eigenvalue weighted by Gasteiger charge is -2.03. The second-order valence-electron chi connectivity index (χ2n) is 3.80. The molecule has 0 unspecified atom stereocenters. The molecule has 0 saturated heterocycles. The molecule has 1 rings (SSSR count). The van der Waals surface area contributed by atoms with Crippen LogP contribution in [0.1, 0.15) is 36.2 Å². The first-order chi connectivity index (χ1) is 8.77. The van der Waals surface area contributed by atoms with Gasteiger partial charge in [0.05, 0.1) is 13.2 Å². The Balaban J connectivity index is 2.19. The number of aliphatic hydroxyl groups excluding tert-OH is 1. The van der Waals surface area contributed by atoms with Crippen LogP contribution in [-0.4, -0.2) is 52.6 Å². The number of carbonyl (C=O) groups excluding carboxylic acids is 1. The number of aromatic amines is 1. The Morgan fingerprint density at radius 3 is 3.06 bits per heavy atom. The van der Waals surface area contributed by atoms with Gasteiger partial charge in [0, 0.05) is 19.6 Å². The average molecular weight is 256 g/mol. The van der Waals surface area contributed by atoms with Crippen molar-refractivity contribution in [2.75, 3.05) is 26.4 Å². The highest BCUT2D eigenvalue weighted by atomic mass is 16.5. The van der Waals surface area contributed by atoms with E-state index >= 15 is 0 Å². The lowest BCUT2D eigenvalue weighted by molar-refractivity contribution is 0.0863. The predicted molar refractivity (Wildman–Crippen MR) is 65.2 cm³/mol. The molecule has 0 saturated carbocycles. The molecular weight excluding hydrogens is 236 g/mol. The molecule has 0 aliphatic carbocycles. The van der Waals surface area contributed by atoms with Gasteiger partial charge in [-0.25, -0.2) is 4.98 Å². The van der Waals surface area contributed by atoms with Gasteiger partial charge < -0.3 is 15.2 Å². The fraction of sp³-hybridized carbons (Fsp3) is 0.727. The summed E-state index contributed by atoms with van der Waals surface area (Å²) in [5.41, 5.74) is 0. The van der Waals surface area contributed by atoms with Gasteiger partial charge >= 0.3 is 0 Å². The highest BCUT2D eigenvalue weighted by Crippen LogP contribution is 1.96. The van der Waals surface area contributed by atoms with Crippen molar-refractivity contribution in [2.24, 2.45) is 0 Å². The Morgan fingerprint density at radius 1 is 1.50 bits per heavy atom. The molecule has 0 radical (unpaired) electrons. The minimum absolute atomic E-state index is 0.0176. The van der Waals surface area contributed by atoms with Crippen LogP contribution in [-0.2, 0) is 11.2 Å². The smallest absolute Gasteiger partial charge is 0.290 e. The molecule has 3 N–H and O–H groups in total. The third-order valence-electron chi connectivity index (χ3n) is 2.21. The van der Waals surface area contributed by atoms with Crippen molar-refractivity contribution in [3.05, 3.63) is 11.6 Å². The summed E-state index contributed by atoms with van der Waals surface area (Å²) in [6, 6.07) is 0. The molecule has 0 aliphatic rings. The number of hydrogen-bond acceptors (Lipinski definition) is 5. The first-order valence-electron chi connectivity index (χ1n) is 6.16. The molecule has 102 valence electrons. The third kappa shape index (κ3) is 5.24. The van der Waals surface area contributed by atoms with Crippen LogP contribution in [0.4, 0.5) is 0 Å². The van der Waals surface area contributed by atoms with Gasteiger partial charge in [-0.2, -0.15) is 0 Å². The Labute approximate surface area is 106 Å². The molecule has 7 nitrogen and oxygen atoms in total. The molecule has 1 aromatic heterocycles. The molecule has 7 heteroatoms. The number of hydrogen-bond donors (Lipinski definition) is 3. The van der Waals surface area contributed by atoms with Gasteiger partial charge in [-0.3, -0.25) is 9.89 Å².